The first-order valence-corrected chi connectivity index (χ1v) is 9.47. The maximum Gasteiger partial charge on any atom is 0.214 e. The van der Waals surface area contributed by atoms with E-state index in [-0.39, 0.29) is 0 Å². The molecule has 0 amide bonds. The Kier molecular flexibility index (Phi) is 4.29. The third-order valence-corrected chi connectivity index (χ3v) is 4.87. The van der Waals surface area contributed by atoms with E-state index in [1.165, 1.54) is 0 Å². The summed E-state index contributed by atoms with van der Waals surface area (Å²) in [5.41, 5.74) is 2.88. The number of hydrogen-bond donors (Lipinski definition) is 1. The first kappa shape index (κ1) is 16.9. The van der Waals surface area contributed by atoms with E-state index >= 15 is 0 Å². The van der Waals surface area contributed by atoms with Gasteiger partial charge in [-0.15, -0.1) is 5.10 Å². The molecule has 0 spiro atoms. The first-order valence-electron chi connectivity index (χ1n) is 9.09. The number of nitrogens with one attached hydrogen (secondary N) is 1. The van der Waals surface area contributed by atoms with Crippen LogP contribution in [0, 0.1) is 0 Å². The molecule has 5 rings (SSSR count). The third-order valence-electron chi connectivity index (χ3n) is 4.64. The molecule has 2 aromatic heterocycles. The molecule has 2 heterocycles. The van der Waals surface area contributed by atoms with Crippen molar-refractivity contribution in [1.29, 1.82) is 0 Å². The normalized spacial score (nSPS) is 13.6. The summed E-state index contributed by atoms with van der Waals surface area (Å²) in [5.74, 6) is 2.12. The van der Waals surface area contributed by atoms with Crippen LogP contribution in [0.1, 0.15) is 24.8 Å². The van der Waals surface area contributed by atoms with Crippen LogP contribution in [0.3, 0.4) is 0 Å². The minimum Gasteiger partial charge on any atom is -0.439 e. The molecule has 0 atom stereocenters. The summed E-state index contributed by atoms with van der Waals surface area (Å²) in [4.78, 5) is 4.33. The Morgan fingerprint density at radius 1 is 1.11 bits per heavy atom. The monoisotopic (exact) mass is 392 g/mol. The zero-order valence-corrected chi connectivity index (χ0v) is 15.7. The van der Waals surface area contributed by atoms with E-state index in [1.54, 1.807) is 6.20 Å². The summed E-state index contributed by atoms with van der Waals surface area (Å²) >= 11 is 6.03. The average molecular weight is 393 g/mol. The van der Waals surface area contributed by atoms with Crippen molar-refractivity contribution in [2.24, 2.45) is 0 Å². The number of rotatable bonds is 6. The number of nitrogens with zero attached hydrogens (tertiary/aromatic N) is 5. The van der Waals surface area contributed by atoms with Gasteiger partial charge in [0.15, 0.2) is 11.6 Å². The van der Waals surface area contributed by atoms with Crippen LogP contribution in [0.5, 0.6) is 0 Å². The highest BCUT2D eigenvalue weighted by atomic mass is 35.5. The van der Waals surface area contributed by atoms with Crippen molar-refractivity contribution in [2.45, 2.75) is 25.4 Å². The predicted octanol–water partition coefficient (Wildman–Crippen LogP) is 4.60. The molecule has 8 heteroatoms. The zero-order valence-electron chi connectivity index (χ0n) is 14.9. The van der Waals surface area contributed by atoms with E-state index in [0.29, 0.717) is 29.3 Å². The van der Waals surface area contributed by atoms with Crippen molar-refractivity contribution in [2.75, 3.05) is 5.32 Å². The minimum atomic E-state index is 0.446. The molecule has 1 fully saturated rings. The summed E-state index contributed by atoms with van der Waals surface area (Å²) in [6.45, 7) is 0.486. The van der Waals surface area contributed by atoms with E-state index in [0.717, 1.165) is 35.5 Å². The summed E-state index contributed by atoms with van der Waals surface area (Å²) < 4.78 is 7.73. The molecule has 2 aromatic carbocycles. The lowest BCUT2D eigenvalue weighted by molar-refractivity contribution is 0.516. The molecule has 1 N–H and O–H groups in total. The van der Waals surface area contributed by atoms with Gasteiger partial charge < -0.3 is 9.73 Å². The van der Waals surface area contributed by atoms with Crippen LogP contribution in [0.4, 0.5) is 5.69 Å². The third kappa shape index (κ3) is 3.48. The summed E-state index contributed by atoms with van der Waals surface area (Å²) in [6, 6.07) is 16.0. The molecule has 0 aliphatic heterocycles. The van der Waals surface area contributed by atoms with E-state index in [9.17, 15) is 0 Å². The van der Waals surface area contributed by atoms with Gasteiger partial charge in [0.25, 0.3) is 0 Å². The fourth-order valence-electron chi connectivity index (χ4n) is 3.03. The Morgan fingerprint density at radius 2 is 1.96 bits per heavy atom. The van der Waals surface area contributed by atoms with Crippen molar-refractivity contribution in [3.63, 3.8) is 0 Å². The van der Waals surface area contributed by atoms with Crippen molar-refractivity contribution in [3.05, 3.63) is 65.6 Å². The molecule has 0 saturated heterocycles. The standard InChI is InChI=1S/C20H17ClN6O/c21-15-3-1-2-14(10-15)18-11-23-19(28-18)12-22-16-6-4-13(5-7-16)20-24-25-26-27(20)17-8-9-17/h1-7,10-11,17,22H,8-9,12H2. The smallest absolute Gasteiger partial charge is 0.214 e. The van der Waals surface area contributed by atoms with Crippen LogP contribution in [-0.2, 0) is 6.54 Å². The number of anilines is 1. The van der Waals surface area contributed by atoms with E-state index < -0.39 is 0 Å². The summed E-state index contributed by atoms with van der Waals surface area (Å²) in [6.07, 6.45) is 4.00. The highest BCUT2D eigenvalue weighted by Crippen LogP contribution is 2.36. The van der Waals surface area contributed by atoms with Crippen LogP contribution in [0.2, 0.25) is 5.02 Å². The highest BCUT2D eigenvalue weighted by molar-refractivity contribution is 6.30. The zero-order chi connectivity index (χ0) is 18.9. The predicted molar refractivity (Wildman–Crippen MR) is 106 cm³/mol. The van der Waals surface area contributed by atoms with Crippen LogP contribution >= 0.6 is 11.6 Å². The first-order chi connectivity index (χ1) is 13.8. The molecule has 7 nitrogen and oxygen atoms in total. The van der Waals surface area contributed by atoms with Crippen molar-refractivity contribution in [3.8, 4) is 22.7 Å². The molecule has 0 unspecified atom stereocenters. The lowest BCUT2D eigenvalue weighted by atomic mass is 10.2. The average Bonchev–Trinajstić information content (AvgIpc) is 3.25. The van der Waals surface area contributed by atoms with Gasteiger partial charge in [-0.1, -0.05) is 23.7 Å². The number of halogens is 1. The fourth-order valence-corrected chi connectivity index (χ4v) is 3.22. The Labute approximate surface area is 166 Å². The largest absolute Gasteiger partial charge is 0.439 e. The van der Waals surface area contributed by atoms with Crippen molar-refractivity contribution >= 4 is 17.3 Å². The maximum atomic E-state index is 6.03. The van der Waals surface area contributed by atoms with Gasteiger partial charge >= 0.3 is 0 Å². The number of benzene rings is 2. The second-order valence-electron chi connectivity index (χ2n) is 6.74. The molecule has 140 valence electrons. The molecule has 1 saturated carbocycles. The van der Waals surface area contributed by atoms with Gasteiger partial charge in [0, 0.05) is 21.8 Å². The van der Waals surface area contributed by atoms with E-state index in [4.69, 9.17) is 16.0 Å². The summed E-state index contributed by atoms with van der Waals surface area (Å²) in [7, 11) is 0. The van der Waals surface area contributed by atoms with Gasteiger partial charge in [-0.05, 0) is 59.7 Å². The van der Waals surface area contributed by atoms with Gasteiger partial charge in [-0.3, -0.25) is 0 Å². The molecular weight excluding hydrogens is 376 g/mol. The fraction of sp³-hybridized carbons (Fsp3) is 0.200. The lowest BCUT2D eigenvalue weighted by Crippen LogP contribution is -2.01. The molecular formula is C20H17ClN6O. The van der Waals surface area contributed by atoms with Crippen molar-refractivity contribution in [1.82, 2.24) is 25.2 Å². The summed E-state index contributed by atoms with van der Waals surface area (Å²) in [5, 5.41) is 16.0. The number of tetrazole rings is 1. The van der Waals surface area contributed by atoms with Gasteiger partial charge in [-0.25, -0.2) is 9.67 Å². The van der Waals surface area contributed by atoms with Gasteiger partial charge in [0.2, 0.25) is 5.89 Å². The van der Waals surface area contributed by atoms with E-state index in [1.807, 2.05) is 53.2 Å². The molecule has 4 aromatic rings. The Hall–Kier alpha value is -3.19. The second kappa shape index (κ2) is 7.09. The topological polar surface area (TPSA) is 81.7 Å². The Bertz CT molecular complexity index is 1100. The van der Waals surface area contributed by atoms with Crippen LogP contribution in [0.15, 0.2) is 59.1 Å². The number of oxazole rings is 1. The van der Waals surface area contributed by atoms with E-state index in [2.05, 4.69) is 25.8 Å². The minimum absolute atomic E-state index is 0.446. The molecule has 0 bridgehead atoms. The van der Waals surface area contributed by atoms with Crippen molar-refractivity contribution < 1.29 is 4.42 Å². The molecule has 1 aliphatic carbocycles. The SMILES string of the molecule is Clc1cccc(-c2cnc(CNc3ccc(-c4nnnn4C4CC4)cc3)o2)c1. The second-order valence-corrected chi connectivity index (χ2v) is 7.17. The quantitative estimate of drug-likeness (QED) is 0.516. The number of aromatic nitrogens is 5. The Balaban J connectivity index is 1.25. The Morgan fingerprint density at radius 3 is 2.75 bits per heavy atom. The van der Waals surface area contributed by atoms with Gasteiger partial charge in [-0.2, -0.15) is 0 Å². The highest BCUT2D eigenvalue weighted by Gasteiger charge is 2.28. The van der Waals surface area contributed by atoms with Gasteiger partial charge in [0.1, 0.15) is 0 Å². The van der Waals surface area contributed by atoms with Crippen LogP contribution in [0.25, 0.3) is 22.7 Å². The maximum absolute atomic E-state index is 6.03. The molecule has 1 aliphatic rings. The van der Waals surface area contributed by atoms with Gasteiger partial charge in [0.05, 0.1) is 18.8 Å². The molecule has 28 heavy (non-hydrogen) atoms. The lowest BCUT2D eigenvalue weighted by Gasteiger charge is -2.06. The number of hydrogen-bond acceptors (Lipinski definition) is 6. The van der Waals surface area contributed by atoms with Crippen LogP contribution in [-0.4, -0.2) is 25.2 Å². The molecule has 0 radical (unpaired) electrons. The van der Waals surface area contributed by atoms with Crippen LogP contribution < -0.4 is 5.32 Å².